The van der Waals surface area contributed by atoms with Gasteiger partial charge in [0.1, 0.15) is 12.2 Å². The molecule has 3 unspecified atom stereocenters. The van der Waals surface area contributed by atoms with E-state index in [9.17, 15) is 4.79 Å². The van der Waals surface area contributed by atoms with Crippen LogP contribution >= 0.6 is 0 Å². The van der Waals surface area contributed by atoms with Crippen molar-refractivity contribution in [2.24, 2.45) is 0 Å². The lowest BCUT2D eigenvalue weighted by Crippen LogP contribution is -2.47. The summed E-state index contributed by atoms with van der Waals surface area (Å²) in [6.07, 6.45) is -5.43. The average molecular weight is 181 g/mol. The van der Waals surface area contributed by atoms with Crippen LogP contribution in [0.1, 0.15) is 0 Å². The second kappa shape index (κ2) is 5.01. The van der Waals surface area contributed by atoms with Gasteiger partial charge in [-0.15, -0.1) is 0 Å². The number of nitrogens with one attached hydrogen (secondary N) is 1. The van der Waals surface area contributed by atoms with Crippen molar-refractivity contribution in [3.63, 3.8) is 0 Å². The van der Waals surface area contributed by atoms with Gasteiger partial charge in [0.25, 0.3) is 5.91 Å². The smallest absolute Gasteiger partial charge is 0.274 e. The lowest BCUT2D eigenvalue weighted by molar-refractivity contribution is -0.150. The quantitative estimate of drug-likeness (QED) is 0.198. The van der Waals surface area contributed by atoms with Crippen molar-refractivity contribution >= 4 is 5.91 Å². The molecule has 0 saturated heterocycles. The third-order valence-corrected chi connectivity index (χ3v) is 1.28. The van der Waals surface area contributed by atoms with Crippen molar-refractivity contribution in [3.8, 4) is 0 Å². The van der Waals surface area contributed by atoms with E-state index in [2.05, 4.69) is 0 Å². The van der Waals surface area contributed by atoms with Gasteiger partial charge in [0.05, 0.1) is 6.61 Å². The van der Waals surface area contributed by atoms with Gasteiger partial charge in [-0.2, -0.15) is 0 Å². The molecule has 0 aliphatic rings. The first-order chi connectivity index (χ1) is 5.54. The number of carbonyl (C=O) groups is 1. The van der Waals surface area contributed by atoms with Crippen molar-refractivity contribution in [3.05, 3.63) is 0 Å². The van der Waals surface area contributed by atoms with Crippen molar-refractivity contribution in [2.75, 3.05) is 6.61 Å². The van der Waals surface area contributed by atoms with E-state index in [1.54, 1.807) is 0 Å². The van der Waals surface area contributed by atoms with Crippen LogP contribution in [0.15, 0.2) is 0 Å². The second-order valence-corrected chi connectivity index (χ2v) is 2.16. The summed E-state index contributed by atoms with van der Waals surface area (Å²) in [7, 11) is 0. The molecule has 7 nitrogen and oxygen atoms in total. The van der Waals surface area contributed by atoms with Gasteiger partial charge in [-0.25, -0.2) is 5.48 Å². The largest absolute Gasteiger partial charge is 0.394 e. The maximum atomic E-state index is 10.4. The van der Waals surface area contributed by atoms with Gasteiger partial charge in [-0.05, 0) is 0 Å². The van der Waals surface area contributed by atoms with Gasteiger partial charge in [0.2, 0.25) is 0 Å². The SMILES string of the molecule is O=C(NO)C(O)C(O)C(O)CO. The van der Waals surface area contributed by atoms with Crippen LogP contribution in [0.2, 0.25) is 0 Å². The molecule has 1 amide bonds. The van der Waals surface area contributed by atoms with E-state index in [4.69, 9.17) is 25.6 Å². The molecule has 0 aliphatic heterocycles. The van der Waals surface area contributed by atoms with Crippen molar-refractivity contribution < 1.29 is 30.4 Å². The first kappa shape index (κ1) is 11.3. The highest BCUT2D eigenvalue weighted by atomic mass is 16.5. The summed E-state index contributed by atoms with van der Waals surface area (Å²) in [5.41, 5.74) is 1.08. The number of rotatable bonds is 4. The van der Waals surface area contributed by atoms with Gasteiger partial charge in [0.15, 0.2) is 6.10 Å². The number of hydroxylamine groups is 1. The minimum Gasteiger partial charge on any atom is -0.394 e. The molecule has 0 aromatic rings. The fourth-order valence-corrected chi connectivity index (χ4v) is 0.540. The van der Waals surface area contributed by atoms with Crippen LogP contribution in [0, 0.1) is 0 Å². The number of aliphatic hydroxyl groups is 4. The summed E-state index contributed by atoms with van der Waals surface area (Å²) < 4.78 is 0. The number of amides is 1. The molecular formula is C5H11NO6. The van der Waals surface area contributed by atoms with E-state index in [1.165, 1.54) is 0 Å². The fourth-order valence-electron chi connectivity index (χ4n) is 0.540. The molecule has 0 radical (unpaired) electrons. The lowest BCUT2D eigenvalue weighted by Gasteiger charge is -2.19. The van der Waals surface area contributed by atoms with E-state index in [-0.39, 0.29) is 0 Å². The third kappa shape index (κ3) is 2.72. The minimum absolute atomic E-state index is 0.795. The van der Waals surface area contributed by atoms with E-state index in [0.717, 1.165) is 5.48 Å². The molecule has 12 heavy (non-hydrogen) atoms. The predicted molar refractivity (Wildman–Crippen MR) is 35.0 cm³/mol. The molecule has 0 aliphatic carbocycles. The molecular weight excluding hydrogens is 170 g/mol. The number of carbonyl (C=O) groups excluding carboxylic acids is 1. The zero-order chi connectivity index (χ0) is 9.72. The van der Waals surface area contributed by atoms with Crippen molar-refractivity contribution in [1.82, 2.24) is 5.48 Å². The summed E-state index contributed by atoms with van der Waals surface area (Å²) in [6, 6.07) is 0. The molecule has 0 saturated carbocycles. The van der Waals surface area contributed by atoms with Crippen LogP contribution in [-0.4, -0.2) is 56.5 Å². The maximum Gasteiger partial charge on any atom is 0.274 e. The van der Waals surface area contributed by atoms with E-state index >= 15 is 0 Å². The Kier molecular flexibility index (Phi) is 4.71. The second-order valence-electron chi connectivity index (χ2n) is 2.16. The molecule has 6 N–H and O–H groups in total. The number of hydrogen-bond acceptors (Lipinski definition) is 6. The Morgan fingerprint density at radius 2 is 1.83 bits per heavy atom. The Morgan fingerprint density at radius 1 is 1.33 bits per heavy atom. The number of aliphatic hydroxyl groups excluding tert-OH is 4. The monoisotopic (exact) mass is 181 g/mol. The first-order valence-electron chi connectivity index (χ1n) is 3.13. The fraction of sp³-hybridized carbons (Fsp3) is 0.800. The summed E-state index contributed by atoms with van der Waals surface area (Å²) in [5, 5.41) is 42.7. The normalized spacial score (nSPS) is 18.1. The maximum absolute atomic E-state index is 10.4. The van der Waals surface area contributed by atoms with Crippen LogP contribution in [0.4, 0.5) is 0 Å². The topological polar surface area (TPSA) is 130 Å². The zero-order valence-corrected chi connectivity index (χ0v) is 6.08. The molecule has 0 bridgehead atoms. The molecule has 0 rings (SSSR count). The van der Waals surface area contributed by atoms with E-state index in [0.29, 0.717) is 0 Å². The molecule has 0 fully saturated rings. The highest BCUT2D eigenvalue weighted by Gasteiger charge is 2.29. The van der Waals surface area contributed by atoms with Gasteiger partial charge >= 0.3 is 0 Å². The van der Waals surface area contributed by atoms with Gasteiger partial charge in [-0.1, -0.05) is 0 Å². The van der Waals surface area contributed by atoms with Crippen LogP contribution in [0.5, 0.6) is 0 Å². The molecule has 7 heteroatoms. The highest BCUT2D eigenvalue weighted by Crippen LogP contribution is 1.99. The highest BCUT2D eigenvalue weighted by molar-refractivity contribution is 5.79. The van der Waals surface area contributed by atoms with E-state index < -0.39 is 30.8 Å². The molecule has 0 spiro atoms. The van der Waals surface area contributed by atoms with E-state index in [1.807, 2.05) is 0 Å². The van der Waals surface area contributed by atoms with Crippen LogP contribution in [0.25, 0.3) is 0 Å². The Labute approximate surface area is 67.8 Å². The summed E-state index contributed by atoms with van der Waals surface area (Å²) in [6.45, 7) is -0.795. The predicted octanol–water partition coefficient (Wildman–Crippen LogP) is -3.43. The van der Waals surface area contributed by atoms with Gasteiger partial charge in [0, 0.05) is 0 Å². The minimum atomic E-state index is -1.97. The van der Waals surface area contributed by atoms with Crippen LogP contribution in [0.3, 0.4) is 0 Å². The van der Waals surface area contributed by atoms with Crippen LogP contribution in [-0.2, 0) is 4.79 Å². The summed E-state index contributed by atoms with van der Waals surface area (Å²) in [5.74, 6) is -1.25. The van der Waals surface area contributed by atoms with Gasteiger partial charge < -0.3 is 20.4 Å². The molecule has 0 aromatic carbocycles. The zero-order valence-electron chi connectivity index (χ0n) is 6.08. The lowest BCUT2D eigenvalue weighted by atomic mass is 10.1. The molecule has 72 valence electrons. The Bertz CT molecular complexity index is 151. The van der Waals surface area contributed by atoms with Crippen molar-refractivity contribution in [1.29, 1.82) is 0 Å². The summed E-state index contributed by atoms with van der Waals surface area (Å²) in [4.78, 5) is 10.4. The van der Waals surface area contributed by atoms with Crippen molar-refractivity contribution in [2.45, 2.75) is 18.3 Å². The Hall–Kier alpha value is -0.730. The Balaban J connectivity index is 4.08. The van der Waals surface area contributed by atoms with Gasteiger partial charge in [-0.3, -0.25) is 10.0 Å². The molecule has 0 aromatic heterocycles. The first-order valence-corrected chi connectivity index (χ1v) is 3.13. The molecule has 3 atom stereocenters. The van der Waals surface area contributed by atoms with Crippen LogP contribution < -0.4 is 5.48 Å². The summed E-state index contributed by atoms with van der Waals surface area (Å²) >= 11 is 0. The third-order valence-electron chi connectivity index (χ3n) is 1.28. The Morgan fingerprint density at radius 3 is 2.17 bits per heavy atom. The standard InChI is InChI=1S/C5H11NO6/c7-1-2(8)3(9)4(10)5(11)6-12/h2-4,7-10,12H,1H2,(H,6,11). The molecule has 0 heterocycles. The number of hydrogen-bond donors (Lipinski definition) is 6. The average Bonchev–Trinajstić information content (AvgIpc) is 2.12.